The molecule has 16 heavy (non-hydrogen) atoms. The Morgan fingerprint density at radius 1 is 1.12 bits per heavy atom. The Morgan fingerprint density at radius 2 is 1.69 bits per heavy atom. The van der Waals surface area contributed by atoms with Crippen LogP contribution in [0.1, 0.15) is 0 Å². The number of anilines is 1. The second kappa shape index (κ2) is 4.99. The molecule has 1 aromatic rings. The van der Waals surface area contributed by atoms with E-state index in [1.165, 1.54) is 0 Å². The highest BCUT2D eigenvalue weighted by Crippen LogP contribution is 2.18. The predicted molar refractivity (Wildman–Crippen MR) is 47.6 cm³/mol. The van der Waals surface area contributed by atoms with Crippen molar-refractivity contribution in [2.75, 3.05) is 18.0 Å². The SMILES string of the molecule is N#CCN(CC#N)c1nc(F)c(F)cc1F. The maximum absolute atomic E-state index is 13.2. The van der Waals surface area contributed by atoms with Crippen molar-refractivity contribution in [3.63, 3.8) is 0 Å². The van der Waals surface area contributed by atoms with Crippen LogP contribution in [-0.2, 0) is 0 Å². The van der Waals surface area contributed by atoms with E-state index in [1.54, 1.807) is 12.1 Å². The van der Waals surface area contributed by atoms with Crippen LogP contribution in [0.15, 0.2) is 6.07 Å². The second-order valence-electron chi connectivity index (χ2n) is 2.74. The lowest BCUT2D eigenvalue weighted by molar-refractivity contribution is 0.464. The highest BCUT2D eigenvalue weighted by atomic mass is 19.2. The Kier molecular flexibility index (Phi) is 3.67. The van der Waals surface area contributed by atoms with Crippen LogP contribution >= 0.6 is 0 Å². The average Bonchev–Trinajstić information content (AvgIpc) is 2.23. The van der Waals surface area contributed by atoms with Crippen LogP contribution in [-0.4, -0.2) is 18.1 Å². The van der Waals surface area contributed by atoms with Gasteiger partial charge in [-0.1, -0.05) is 0 Å². The van der Waals surface area contributed by atoms with Gasteiger partial charge in [-0.25, -0.2) is 8.78 Å². The van der Waals surface area contributed by atoms with Gasteiger partial charge in [0, 0.05) is 6.07 Å². The molecule has 0 aromatic carbocycles. The van der Waals surface area contributed by atoms with Crippen LogP contribution in [0.25, 0.3) is 0 Å². The lowest BCUT2D eigenvalue weighted by Gasteiger charge is -2.17. The van der Waals surface area contributed by atoms with E-state index in [1.807, 2.05) is 0 Å². The summed E-state index contributed by atoms with van der Waals surface area (Å²) in [4.78, 5) is 3.92. The number of pyridine rings is 1. The number of hydrogen-bond acceptors (Lipinski definition) is 4. The van der Waals surface area contributed by atoms with E-state index >= 15 is 0 Å². The van der Waals surface area contributed by atoms with Gasteiger partial charge >= 0.3 is 0 Å². The molecule has 0 fully saturated rings. The molecule has 0 atom stereocenters. The Labute approximate surface area is 89.2 Å². The molecular weight excluding hydrogens is 221 g/mol. The van der Waals surface area contributed by atoms with E-state index in [0.717, 1.165) is 4.90 Å². The molecule has 0 aliphatic heterocycles. The highest BCUT2D eigenvalue weighted by molar-refractivity contribution is 5.42. The first-order chi connectivity index (χ1) is 7.60. The lowest BCUT2D eigenvalue weighted by Crippen LogP contribution is -2.26. The van der Waals surface area contributed by atoms with Crippen LogP contribution < -0.4 is 4.90 Å². The summed E-state index contributed by atoms with van der Waals surface area (Å²) in [6.45, 7) is -0.689. The van der Waals surface area contributed by atoms with Crippen molar-refractivity contribution in [3.05, 3.63) is 23.6 Å². The fourth-order valence-corrected chi connectivity index (χ4v) is 1.03. The van der Waals surface area contributed by atoms with Crippen LogP contribution in [0.4, 0.5) is 19.0 Å². The largest absolute Gasteiger partial charge is 0.327 e. The van der Waals surface area contributed by atoms with Crippen molar-refractivity contribution in [2.45, 2.75) is 0 Å². The third-order valence-electron chi connectivity index (χ3n) is 1.69. The molecule has 7 heteroatoms. The van der Waals surface area contributed by atoms with Crippen molar-refractivity contribution >= 4 is 5.82 Å². The van der Waals surface area contributed by atoms with Crippen molar-refractivity contribution in [2.24, 2.45) is 0 Å². The predicted octanol–water partition coefficient (Wildman–Crippen LogP) is 1.35. The zero-order chi connectivity index (χ0) is 12.1. The van der Waals surface area contributed by atoms with Gasteiger partial charge in [-0.3, -0.25) is 0 Å². The number of aromatic nitrogens is 1. The Bertz CT molecular complexity index is 459. The van der Waals surface area contributed by atoms with Gasteiger partial charge < -0.3 is 4.90 Å². The monoisotopic (exact) mass is 226 g/mol. The standard InChI is InChI=1S/C9H5F3N4/c10-6-5-7(11)9(15-8(6)12)16(3-1-13)4-2-14/h5H,3-4H2. The van der Waals surface area contributed by atoms with Crippen LogP contribution in [0.3, 0.4) is 0 Å². The van der Waals surface area contributed by atoms with Gasteiger partial charge in [0.15, 0.2) is 17.5 Å². The summed E-state index contributed by atoms with van der Waals surface area (Å²) >= 11 is 0. The van der Waals surface area contributed by atoms with E-state index in [-0.39, 0.29) is 13.1 Å². The number of nitrogens with zero attached hydrogens (tertiary/aromatic N) is 4. The molecule has 0 spiro atoms. The first-order valence-electron chi connectivity index (χ1n) is 4.10. The van der Waals surface area contributed by atoms with Gasteiger partial charge in [-0.15, -0.1) is 0 Å². The molecule has 4 nitrogen and oxygen atoms in total. The minimum Gasteiger partial charge on any atom is -0.327 e. The summed E-state index contributed by atoms with van der Waals surface area (Å²) in [6, 6.07) is 3.65. The zero-order valence-corrected chi connectivity index (χ0v) is 7.91. The third-order valence-corrected chi connectivity index (χ3v) is 1.69. The van der Waals surface area contributed by atoms with E-state index in [0.29, 0.717) is 6.07 Å². The normalized spacial score (nSPS) is 9.31. The first-order valence-corrected chi connectivity index (χ1v) is 4.10. The second-order valence-corrected chi connectivity index (χ2v) is 2.74. The fourth-order valence-electron chi connectivity index (χ4n) is 1.03. The van der Waals surface area contributed by atoms with Crippen molar-refractivity contribution in [1.29, 1.82) is 10.5 Å². The van der Waals surface area contributed by atoms with Gasteiger partial charge in [0.2, 0.25) is 0 Å². The van der Waals surface area contributed by atoms with Crippen LogP contribution in [0.2, 0.25) is 0 Å². The molecule has 0 saturated carbocycles. The molecule has 0 aliphatic carbocycles. The Morgan fingerprint density at radius 3 is 2.19 bits per heavy atom. The Hall–Kier alpha value is -2.28. The molecule has 0 amide bonds. The molecule has 0 aliphatic rings. The number of halogens is 3. The number of rotatable bonds is 3. The molecule has 1 heterocycles. The maximum atomic E-state index is 13.2. The average molecular weight is 226 g/mol. The molecule has 0 bridgehead atoms. The summed E-state index contributed by atoms with van der Waals surface area (Å²) < 4.78 is 38.5. The third kappa shape index (κ3) is 2.39. The molecule has 1 rings (SSSR count). The van der Waals surface area contributed by atoms with Gasteiger partial charge in [0.25, 0.3) is 5.95 Å². The summed E-state index contributed by atoms with van der Waals surface area (Å²) in [7, 11) is 0. The van der Waals surface area contributed by atoms with Crippen molar-refractivity contribution in [1.82, 2.24) is 4.98 Å². The topological polar surface area (TPSA) is 63.7 Å². The van der Waals surface area contributed by atoms with Crippen molar-refractivity contribution < 1.29 is 13.2 Å². The van der Waals surface area contributed by atoms with Crippen molar-refractivity contribution in [3.8, 4) is 12.1 Å². The molecule has 82 valence electrons. The number of hydrogen-bond donors (Lipinski definition) is 0. The quantitative estimate of drug-likeness (QED) is 0.576. The van der Waals surface area contributed by atoms with E-state index in [9.17, 15) is 13.2 Å². The molecule has 1 aromatic heterocycles. The summed E-state index contributed by atoms with van der Waals surface area (Å²) in [5.74, 6) is -4.57. The summed E-state index contributed by atoms with van der Waals surface area (Å²) in [6.07, 6.45) is 0. The molecule has 0 saturated heterocycles. The Balaban J connectivity index is 3.15. The minimum atomic E-state index is -1.47. The number of nitriles is 2. The zero-order valence-electron chi connectivity index (χ0n) is 7.91. The first kappa shape index (κ1) is 11.8. The fraction of sp³-hybridized carbons (Fsp3) is 0.222. The van der Waals surface area contributed by atoms with Gasteiger partial charge in [-0.05, 0) is 0 Å². The van der Waals surface area contributed by atoms with Gasteiger partial charge in [-0.2, -0.15) is 19.9 Å². The summed E-state index contributed by atoms with van der Waals surface area (Å²) in [5.41, 5.74) is 0. The molecule has 0 unspecified atom stereocenters. The van der Waals surface area contributed by atoms with Gasteiger partial charge in [0.1, 0.15) is 13.1 Å². The molecule has 0 radical (unpaired) electrons. The van der Waals surface area contributed by atoms with Crippen LogP contribution in [0.5, 0.6) is 0 Å². The maximum Gasteiger partial charge on any atom is 0.251 e. The molecular formula is C9H5F3N4. The lowest BCUT2D eigenvalue weighted by atomic mass is 10.3. The van der Waals surface area contributed by atoms with E-state index in [2.05, 4.69) is 4.98 Å². The van der Waals surface area contributed by atoms with E-state index in [4.69, 9.17) is 10.5 Å². The van der Waals surface area contributed by atoms with E-state index < -0.39 is 23.4 Å². The van der Waals surface area contributed by atoms with Gasteiger partial charge in [0.05, 0.1) is 12.1 Å². The minimum absolute atomic E-state index is 0.319. The smallest absolute Gasteiger partial charge is 0.251 e. The summed E-state index contributed by atoms with van der Waals surface area (Å²) in [5, 5.41) is 16.8. The van der Waals surface area contributed by atoms with Crippen LogP contribution in [0, 0.1) is 40.2 Å². The highest BCUT2D eigenvalue weighted by Gasteiger charge is 2.17. The molecule has 0 N–H and O–H groups in total.